The monoisotopic (exact) mass is 326 g/mol. The minimum Gasteiger partial charge on any atom is -0.481 e. The van der Waals surface area contributed by atoms with Gasteiger partial charge in [0.25, 0.3) is 5.91 Å². The Kier molecular flexibility index (Phi) is 5.22. The molecule has 2 atom stereocenters. The maximum atomic E-state index is 11.9. The van der Waals surface area contributed by atoms with E-state index in [1.165, 1.54) is 6.42 Å². The zero-order chi connectivity index (χ0) is 13.7. The molecule has 1 fully saturated rings. The zero-order valence-electron chi connectivity index (χ0n) is 11.0. The Hall–Kier alpha value is -1.07. The van der Waals surface area contributed by atoms with Crippen LogP contribution in [0.1, 0.15) is 19.8 Å². The van der Waals surface area contributed by atoms with Crippen molar-refractivity contribution in [3.05, 3.63) is 28.7 Å². The highest BCUT2D eigenvalue weighted by molar-refractivity contribution is 9.10. The second-order valence-electron chi connectivity index (χ2n) is 4.76. The molecule has 1 aliphatic rings. The standard InChI is InChI=1S/C14H19BrN2O2/c1-10(19-13-6-2-4-11(15)8-13)14(18)17-9-12-5-3-7-16-12/h2,4,6,8,10,12,16H,3,5,7,9H2,1H3,(H,17,18). The van der Waals surface area contributed by atoms with Crippen molar-refractivity contribution < 1.29 is 9.53 Å². The van der Waals surface area contributed by atoms with Gasteiger partial charge in [0.2, 0.25) is 0 Å². The molecule has 1 amide bonds. The number of hydrogen-bond acceptors (Lipinski definition) is 3. The van der Waals surface area contributed by atoms with Crippen molar-refractivity contribution in [2.24, 2.45) is 0 Å². The van der Waals surface area contributed by atoms with E-state index in [-0.39, 0.29) is 5.91 Å². The number of ether oxygens (including phenoxy) is 1. The Morgan fingerprint density at radius 1 is 1.63 bits per heavy atom. The summed E-state index contributed by atoms with van der Waals surface area (Å²) in [6, 6.07) is 7.90. The van der Waals surface area contributed by atoms with Crippen molar-refractivity contribution >= 4 is 21.8 Å². The minimum atomic E-state index is -0.490. The predicted octanol–water partition coefficient (Wildman–Crippen LogP) is 2.08. The first-order valence-corrected chi connectivity index (χ1v) is 7.38. The fourth-order valence-electron chi connectivity index (χ4n) is 2.10. The quantitative estimate of drug-likeness (QED) is 0.871. The van der Waals surface area contributed by atoms with Crippen LogP contribution in [0.5, 0.6) is 5.75 Å². The molecule has 1 saturated heterocycles. The van der Waals surface area contributed by atoms with Crippen molar-refractivity contribution in [3.63, 3.8) is 0 Å². The fourth-order valence-corrected chi connectivity index (χ4v) is 2.47. The number of benzene rings is 1. The van der Waals surface area contributed by atoms with Gasteiger partial charge in [0.1, 0.15) is 5.75 Å². The highest BCUT2D eigenvalue weighted by Crippen LogP contribution is 2.18. The molecule has 1 heterocycles. The average molecular weight is 327 g/mol. The van der Waals surface area contributed by atoms with Crippen LogP contribution in [0.2, 0.25) is 0 Å². The highest BCUT2D eigenvalue weighted by atomic mass is 79.9. The lowest BCUT2D eigenvalue weighted by atomic mass is 10.2. The van der Waals surface area contributed by atoms with Gasteiger partial charge in [-0.05, 0) is 44.5 Å². The third kappa shape index (κ3) is 4.51. The summed E-state index contributed by atoms with van der Waals surface area (Å²) in [5, 5.41) is 6.27. The van der Waals surface area contributed by atoms with Crippen molar-refractivity contribution in [1.82, 2.24) is 10.6 Å². The molecule has 0 aromatic heterocycles. The van der Waals surface area contributed by atoms with Gasteiger partial charge in [0, 0.05) is 17.1 Å². The Balaban J connectivity index is 1.78. The van der Waals surface area contributed by atoms with Gasteiger partial charge in [0.05, 0.1) is 0 Å². The summed E-state index contributed by atoms with van der Waals surface area (Å²) >= 11 is 3.38. The van der Waals surface area contributed by atoms with Gasteiger partial charge in [-0.2, -0.15) is 0 Å². The average Bonchev–Trinajstić information content (AvgIpc) is 2.89. The lowest BCUT2D eigenvalue weighted by Crippen LogP contribution is -2.42. The third-order valence-electron chi connectivity index (χ3n) is 3.16. The number of carbonyl (C=O) groups excluding carboxylic acids is 1. The van der Waals surface area contributed by atoms with Crippen molar-refractivity contribution in [2.45, 2.75) is 31.9 Å². The van der Waals surface area contributed by atoms with Crippen LogP contribution < -0.4 is 15.4 Å². The summed E-state index contributed by atoms with van der Waals surface area (Å²) in [5.74, 6) is 0.615. The molecule has 0 spiro atoms. The first-order chi connectivity index (χ1) is 9.15. The molecule has 2 unspecified atom stereocenters. The topological polar surface area (TPSA) is 50.4 Å². The van der Waals surface area contributed by atoms with Gasteiger partial charge in [-0.3, -0.25) is 4.79 Å². The predicted molar refractivity (Wildman–Crippen MR) is 78.3 cm³/mol. The Bertz CT molecular complexity index is 433. The first kappa shape index (κ1) is 14.3. The van der Waals surface area contributed by atoms with Crippen LogP contribution >= 0.6 is 15.9 Å². The molecule has 0 aliphatic carbocycles. The number of amides is 1. The number of nitrogens with one attached hydrogen (secondary N) is 2. The smallest absolute Gasteiger partial charge is 0.260 e. The van der Waals surface area contributed by atoms with E-state index in [1.807, 2.05) is 24.3 Å². The molecule has 0 radical (unpaired) electrons. The van der Waals surface area contributed by atoms with E-state index in [4.69, 9.17) is 4.74 Å². The van der Waals surface area contributed by atoms with E-state index in [9.17, 15) is 4.79 Å². The normalized spacial score (nSPS) is 20.0. The lowest BCUT2D eigenvalue weighted by molar-refractivity contribution is -0.127. The molecule has 5 heteroatoms. The van der Waals surface area contributed by atoms with Gasteiger partial charge >= 0.3 is 0 Å². The minimum absolute atomic E-state index is 0.0753. The van der Waals surface area contributed by atoms with E-state index in [0.29, 0.717) is 18.3 Å². The molecule has 1 aromatic rings. The van der Waals surface area contributed by atoms with Crippen LogP contribution in [-0.2, 0) is 4.79 Å². The number of carbonyl (C=O) groups is 1. The lowest BCUT2D eigenvalue weighted by Gasteiger charge is -2.17. The summed E-state index contributed by atoms with van der Waals surface area (Å²) in [6.45, 7) is 3.48. The summed E-state index contributed by atoms with van der Waals surface area (Å²) in [5.41, 5.74) is 0. The van der Waals surface area contributed by atoms with Crippen LogP contribution in [-0.4, -0.2) is 31.1 Å². The molecule has 0 bridgehead atoms. The molecule has 1 aromatic carbocycles. The van der Waals surface area contributed by atoms with Crippen LogP contribution in [0, 0.1) is 0 Å². The third-order valence-corrected chi connectivity index (χ3v) is 3.66. The largest absolute Gasteiger partial charge is 0.481 e. The van der Waals surface area contributed by atoms with E-state index in [1.54, 1.807) is 6.92 Å². The number of halogens is 1. The molecule has 4 nitrogen and oxygen atoms in total. The SMILES string of the molecule is CC(Oc1cccc(Br)c1)C(=O)NCC1CCCN1. The van der Waals surface area contributed by atoms with E-state index in [2.05, 4.69) is 26.6 Å². The maximum Gasteiger partial charge on any atom is 0.260 e. The summed E-state index contributed by atoms with van der Waals surface area (Å²) in [4.78, 5) is 11.9. The molecule has 19 heavy (non-hydrogen) atoms. The first-order valence-electron chi connectivity index (χ1n) is 6.58. The summed E-state index contributed by atoms with van der Waals surface area (Å²) in [7, 11) is 0. The van der Waals surface area contributed by atoms with E-state index >= 15 is 0 Å². The van der Waals surface area contributed by atoms with E-state index in [0.717, 1.165) is 17.4 Å². The molecule has 1 aliphatic heterocycles. The van der Waals surface area contributed by atoms with Crippen molar-refractivity contribution in [2.75, 3.05) is 13.1 Å². The second kappa shape index (κ2) is 6.91. The van der Waals surface area contributed by atoms with Crippen LogP contribution in [0.3, 0.4) is 0 Å². The van der Waals surface area contributed by atoms with Crippen molar-refractivity contribution in [1.29, 1.82) is 0 Å². The van der Waals surface area contributed by atoms with Gasteiger partial charge in [-0.1, -0.05) is 22.0 Å². The molecular formula is C14H19BrN2O2. The van der Waals surface area contributed by atoms with Gasteiger partial charge < -0.3 is 15.4 Å². The van der Waals surface area contributed by atoms with Crippen LogP contribution in [0.25, 0.3) is 0 Å². The molecule has 2 rings (SSSR count). The zero-order valence-corrected chi connectivity index (χ0v) is 12.6. The van der Waals surface area contributed by atoms with Crippen molar-refractivity contribution in [3.8, 4) is 5.75 Å². The van der Waals surface area contributed by atoms with Gasteiger partial charge in [-0.15, -0.1) is 0 Å². The fraction of sp³-hybridized carbons (Fsp3) is 0.500. The maximum absolute atomic E-state index is 11.9. The highest BCUT2D eigenvalue weighted by Gasteiger charge is 2.18. The Morgan fingerprint density at radius 3 is 3.16 bits per heavy atom. The Labute approximate surface area is 122 Å². The molecule has 0 saturated carbocycles. The van der Waals surface area contributed by atoms with Gasteiger partial charge in [-0.25, -0.2) is 0 Å². The summed E-state index contributed by atoms with van der Waals surface area (Å²) < 4.78 is 6.55. The molecular weight excluding hydrogens is 308 g/mol. The summed E-state index contributed by atoms with van der Waals surface area (Å²) in [6.07, 6.45) is 1.82. The number of hydrogen-bond donors (Lipinski definition) is 2. The molecule has 2 N–H and O–H groups in total. The molecule has 104 valence electrons. The van der Waals surface area contributed by atoms with Crippen LogP contribution in [0.4, 0.5) is 0 Å². The Morgan fingerprint density at radius 2 is 2.47 bits per heavy atom. The second-order valence-corrected chi connectivity index (χ2v) is 5.67. The van der Waals surface area contributed by atoms with Crippen LogP contribution in [0.15, 0.2) is 28.7 Å². The number of rotatable bonds is 5. The van der Waals surface area contributed by atoms with Gasteiger partial charge in [0.15, 0.2) is 6.10 Å². The van der Waals surface area contributed by atoms with E-state index < -0.39 is 6.10 Å².